The number of ether oxygens (including phenoxy) is 1. The number of benzene rings is 1. The number of hydrogen-bond donors (Lipinski definition) is 1. The van der Waals surface area contributed by atoms with E-state index in [1.807, 2.05) is 0 Å². The van der Waals surface area contributed by atoms with Crippen LogP contribution >= 0.6 is 0 Å². The summed E-state index contributed by atoms with van der Waals surface area (Å²) >= 11 is 0. The summed E-state index contributed by atoms with van der Waals surface area (Å²) in [4.78, 5) is 0. The highest BCUT2D eigenvalue weighted by Crippen LogP contribution is 2.38. The van der Waals surface area contributed by atoms with E-state index in [1.165, 1.54) is 50.5 Å². The zero-order valence-electron chi connectivity index (χ0n) is 13.0. The number of phenolic OH excluding ortho intramolecular Hbond substituents is 1. The third kappa shape index (κ3) is 4.23. The highest BCUT2D eigenvalue weighted by Gasteiger charge is 2.28. The molecule has 2 nitrogen and oxygen atoms in total. The number of aromatic hydroxyl groups is 1. The lowest BCUT2D eigenvalue weighted by Gasteiger charge is -2.35. The number of hydrogen-bond acceptors (Lipinski definition) is 2. The van der Waals surface area contributed by atoms with E-state index in [2.05, 4.69) is 12.1 Å². The van der Waals surface area contributed by atoms with Gasteiger partial charge >= 0.3 is 0 Å². The molecule has 2 fully saturated rings. The van der Waals surface area contributed by atoms with Crippen LogP contribution in [0.3, 0.4) is 0 Å². The van der Waals surface area contributed by atoms with Crippen molar-refractivity contribution in [3.05, 3.63) is 29.8 Å². The van der Waals surface area contributed by atoms with Crippen molar-refractivity contribution < 1.29 is 9.84 Å². The van der Waals surface area contributed by atoms with Gasteiger partial charge in [0.15, 0.2) is 0 Å². The minimum Gasteiger partial charge on any atom is -0.508 e. The SMILES string of the molecule is Oc1ccc(CCC2CCC(C3CCCOC3)CC2)cc1. The lowest BCUT2D eigenvalue weighted by molar-refractivity contribution is 0.0181. The number of aryl methyl sites for hydroxylation is 1. The molecular formula is C19H28O2. The van der Waals surface area contributed by atoms with Crippen LogP contribution in [0.4, 0.5) is 0 Å². The molecule has 1 N–H and O–H groups in total. The maximum Gasteiger partial charge on any atom is 0.115 e. The zero-order valence-corrected chi connectivity index (χ0v) is 13.0. The predicted octanol–water partition coefficient (Wildman–Crippen LogP) is 4.56. The quantitative estimate of drug-likeness (QED) is 0.880. The van der Waals surface area contributed by atoms with Gasteiger partial charge in [-0.1, -0.05) is 25.0 Å². The Bertz CT molecular complexity index is 412. The molecule has 2 aliphatic rings. The van der Waals surface area contributed by atoms with Crippen LogP contribution < -0.4 is 0 Å². The van der Waals surface area contributed by atoms with E-state index in [-0.39, 0.29) is 0 Å². The molecule has 0 aromatic heterocycles. The molecule has 1 saturated carbocycles. The van der Waals surface area contributed by atoms with E-state index in [9.17, 15) is 5.11 Å². The van der Waals surface area contributed by atoms with Crippen molar-refractivity contribution in [2.75, 3.05) is 13.2 Å². The van der Waals surface area contributed by atoms with Gasteiger partial charge in [0.05, 0.1) is 0 Å². The minimum atomic E-state index is 0.369. The van der Waals surface area contributed by atoms with Crippen LogP contribution in [0.2, 0.25) is 0 Å². The van der Waals surface area contributed by atoms with Gasteiger partial charge in [0.25, 0.3) is 0 Å². The smallest absolute Gasteiger partial charge is 0.115 e. The number of rotatable bonds is 4. The van der Waals surface area contributed by atoms with Crippen molar-refractivity contribution in [1.82, 2.24) is 0 Å². The molecule has 116 valence electrons. The van der Waals surface area contributed by atoms with Crippen molar-refractivity contribution in [3.8, 4) is 5.75 Å². The Labute approximate surface area is 128 Å². The molecular weight excluding hydrogens is 260 g/mol. The van der Waals surface area contributed by atoms with Crippen molar-refractivity contribution in [1.29, 1.82) is 0 Å². The highest BCUT2D eigenvalue weighted by molar-refractivity contribution is 5.25. The second-order valence-electron chi connectivity index (χ2n) is 6.96. The largest absolute Gasteiger partial charge is 0.508 e. The molecule has 1 unspecified atom stereocenters. The summed E-state index contributed by atoms with van der Waals surface area (Å²) in [6.45, 7) is 2.00. The molecule has 3 rings (SSSR count). The average molecular weight is 288 g/mol. The maximum atomic E-state index is 9.32. The summed E-state index contributed by atoms with van der Waals surface area (Å²) in [6.07, 6.45) is 10.7. The summed E-state index contributed by atoms with van der Waals surface area (Å²) in [5.41, 5.74) is 1.36. The molecule has 0 radical (unpaired) electrons. The molecule has 21 heavy (non-hydrogen) atoms. The van der Waals surface area contributed by atoms with Crippen LogP contribution in [-0.2, 0) is 11.2 Å². The summed E-state index contributed by atoms with van der Waals surface area (Å²) in [5.74, 6) is 3.04. The molecule has 1 atom stereocenters. The van der Waals surface area contributed by atoms with Crippen LogP contribution in [0.5, 0.6) is 5.75 Å². The number of phenols is 1. The third-order valence-corrected chi connectivity index (χ3v) is 5.53. The Balaban J connectivity index is 1.40. The fourth-order valence-corrected chi connectivity index (χ4v) is 4.12. The standard InChI is InChI=1S/C19H28O2/c20-19-11-7-16(8-12-19)4-3-15-5-9-17(10-6-15)18-2-1-13-21-14-18/h7-8,11-12,15,17-18,20H,1-6,9-10,13-14H2. The monoisotopic (exact) mass is 288 g/mol. The van der Waals surface area contributed by atoms with Crippen molar-refractivity contribution in [3.63, 3.8) is 0 Å². The maximum absolute atomic E-state index is 9.32. The van der Waals surface area contributed by atoms with Gasteiger partial charge in [-0.2, -0.15) is 0 Å². The molecule has 1 aliphatic carbocycles. The molecule has 1 aliphatic heterocycles. The Morgan fingerprint density at radius 3 is 2.38 bits per heavy atom. The summed E-state index contributed by atoms with van der Waals surface area (Å²) in [5, 5.41) is 9.32. The fourth-order valence-electron chi connectivity index (χ4n) is 4.12. The Kier molecular flexibility index (Phi) is 5.18. The molecule has 2 heteroatoms. The first-order valence-electron chi connectivity index (χ1n) is 8.67. The molecule has 0 spiro atoms. The Morgan fingerprint density at radius 1 is 0.952 bits per heavy atom. The van der Waals surface area contributed by atoms with Gasteiger partial charge in [0, 0.05) is 13.2 Å². The summed E-state index contributed by atoms with van der Waals surface area (Å²) in [7, 11) is 0. The van der Waals surface area contributed by atoms with Gasteiger partial charge in [0.1, 0.15) is 5.75 Å². The Morgan fingerprint density at radius 2 is 1.71 bits per heavy atom. The summed E-state index contributed by atoms with van der Waals surface area (Å²) < 4.78 is 5.66. The van der Waals surface area contributed by atoms with E-state index in [0.29, 0.717) is 5.75 Å². The third-order valence-electron chi connectivity index (χ3n) is 5.53. The van der Waals surface area contributed by atoms with Crippen LogP contribution in [0.25, 0.3) is 0 Å². The van der Waals surface area contributed by atoms with Crippen LogP contribution in [-0.4, -0.2) is 18.3 Å². The normalized spacial score (nSPS) is 30.2. The van der Waals surface area contributed by atoms with Gasteiger partial charge in [-0.25, -0.2) is 0 Å². The van der Waals surface area contributed by atoms with Crippen LogP contribution in [0.15, 0.2) is 24.3 Å². The summed E-state index contributed by atoms with van der Waals surface area (Å²) in [6, 6.07) is 7.71. The van der Waals surface area contributed by atoms with Crippen molar-refractivity contribution >= 4 is 0 Å². The van der Waals surface area contributed by atoms with Crippen LogP contribution in [0.1, 0.15) is 50.5 Å². The molecule has 1 aromatic rings. The zero-order chi connectivity index (χ0) is 14.5. The fraction of sp³-hybridized carbons (Fsp3) is 0.684. The first-order chi connectivity index (χ1) is 10.3. The highest BCUT2D eigenvalue weighted by atomic mass is 16.5. The van der Waals surface area contributed by atoms with Gasteiger partial charge in [-0.3, -0.25) is 0 Å². The topological polar surface area (TPSA) is 29.5 Å². The first-order valence-corrected chi connectivity index (χ1v) is 8.67. The van der Waals surface area contributed by atoms with E-state index >= 15 is 0 Å². The Hall–Kier alpha value is -1.02. The van der Waals surface area contributed by atoms with Gasteiger partial charge < -0.3 is 9.84 Å². The molecule has 1 heterocycles. The molecule has 1 aromatic carbocycles. The van der Waals surface area contributed by atoms with E-state index < -0.39 is 0 Å². The minimum absolute atomic E-state index is 0.369. The van der Waals surface area contributed by atoms with Crippen molar-refractivity contribution in [2.45, 2.75) is 51.4 Å². The second kappa shape index (κ2) is 7.31. The van der Waals surface area contributed by atoms with E-state index in [1.54, 1.807) is 12.1 Å². The van der Waals surface area contributed by atoms with Crippen molar-refractivity contribution in [2.24, 2.45) is 17.8 Å². The predicted molar refractivity (Wildman–Crippen MR) is 85.4 cm³/mol. The molecule has 0 amide bonds. The van der Waals surface area contributed by atoms with E-state index in [4.69, 9.17) is 4.74 Å². The lowest BCUT2D eigenvalue weighted by atomic mass is 9.73. The molecule has 1 saturated heterocycles. The van der Waals surface area contributed by atoms with Gasteiger partial charge in [0.2, 0.25) is 0 Å². The average Bonchev–Trinajstić information content (AvgIpc) is 2.56. The van der Waals surface area contributed by atoms with Gasteiger partial charge in [-0.05, 0) is 74.0 Å². The van der Waals surface area contributed by atoms with Crippen LogP contribution in [0, 0.1) is 17.8 Å². The molecule has 0 bridgehead atoms. The lowest BCUT2D eigenvalue weighted by Crippen LogP contribution is -2.28. The van der Waals surface area contributed by atoms with Gasteiger partial charge in [-0.15, -0.1) is 0 Å². The van der Waals surface area contributed by atoms with E-state index in [0.717, 1.165) is 37.4 Å². The first kappa shape index (κ1) is 14.9. The second-order valence-corrected chi connectivity index (χ2v) is 6.96.